The number of nitrogens with one attached hydrogen (secondary N) is 1. The minimum absolute atomic E-state index is 0.114. The van der Waals surface area contributed by atoms with E-state index in [0.717, 1.165) is 30.5 Å². The van der Waals surface area contributed by atoms with Gasteiger partial charge < -0.3 is 15.1 Å². The third kappa shape index (κ3) is 5.85. The van der Waals surface area contributed by atoms with E-state index in [9.17, 15) is 4.79 Å². The van der Waals surface area contributed by atoms with Gasteiger partial charge in [-0.3, -0.25) is 4.79 Å². The number of likely N-dealkylation sites (tertiary alicyclic amines) is 1. The average Bonchev–Trinajstić information content (AvgIpc) is 2.66. The number of hydrogen-bond acceptors (Lipinski definition) is 5. The zero-order valence-electron chi connectivity index (χ0n) is 15.9. The monoisotopic (exact) mass is 356 g/mol. The number of carbonyl (C=O) groups is 1. The highest BCUT2D eigenvalue weighted by Crippen LogP contribution is 2.14. The quantitative estimate of drug-likeness (QED) is 0.762. The van der Waals surface area contributed by atoms with Gasteiger partial charge in [-0.1, -0.05) is 31.1 Å². The van der Waals surface area contributed by atoms with Crippen LogP contribution < -0.4 is 5.32 Å². The predicted octanol–water partition coefficient (Wildman–Crippen LogP) is 2.69. The number of piperidine rings is 1. The van der Waals surface area contributed by atoms with Gasteiger partial charge >= 0.3 is 0 Å². The van der Waals surface area contributed by atoms with Gasteiger partial charge in [0.25, 0.3) is 0 Å². The molecule has 1 N–H and O–H groups in total. The van der Waals surface area contributed by atoms with Crippen molar-refractivity contribution >= 4 is 11.6 Å². The lowest BCUT2D eigenvalue weighted by Crippen LogP contribution is -2.48. The smallest absolute Gasteiger partial charge is 0.239 e. The van der Waals surface area contributed by atoms with Crippen LogP contribution in [0, 0.1) is 17.2 Å². The Morgan fingerprint density at radius 3 is 2.73 bits per heavy atom. The third-order valence-corrected chi connectivity index (χ3v) is 4.49. The van der Waals surface area contributed by atoms with Crippen LogP contribution in [0.2, 0.25) is 0 Å². The van der Waals surface area contributed by atoms with Crippen molar-refractivity contribution in [3.8, 4) is 6.07 Å². The molecule has 2 rings (SSSR count). The molecule has 1 heterocycles. The van der Waals surface area contributed by atoms with E-state index in [0.29, 0.717) is 31.2 Å². The number of nitriles is 1. The Bertz CT molecular complexity index is 669. The third-order valence-electron chi connectivity index (χ3n) is 4.49. The largest absolute Gasteiger partial charge is 0.391 e. The van der Waals surface area contributed by atoms with Crippen molar-refractivity contribution in [2.24, 2.45) is 11.1 Å². The minimum atomic E-state index is -0.114. The van der Waals surface area contributed by atoms with E-state index < -0.39 is 0 Å². The van der Waals surface area contributed by atoms with E-state index in [2.05, 4.69) is 30.4 Å². The van der Waals surface area contributed by atoms with Gasteiger partial charge in [-0.15, -0.1) is 0 Å². The number of rotatable bonds is 7. The van der Waals surface area contributed by atoms with Crippen molar-refractivity contribution < 1.29 is 9.63 Å². The van der Waals surface area contributed by atoms with Gasteiger partial charge in [-0.25, -0.2) is 0 Å². The summed E-state index contributed by atoms with van der Waals surface area (Å²) in [4.78, 5) is 20.0. The van der Waals surface area contributed by atoms with E-state index in [-0.39, 0.29) is 11.9 Å². The first-order valence-electron chi connectivity index (χ1n) is 9.16. The molecule has 1 saturated heterocycles. The highest BCUT2D eigenvalue weighted by molar-refractivity contribution is 5.88. The summed E-state index contributed by atoms with van der Waals surface area (Å²) >= 11 is 0. The van der Waals surface area contributed by atoms with Gasteiger partial charge in [0.05, 0.1) is 23.4 Å². The van der Waals surface area contributed by atoms with Crippen LogP contribution in [0.5, 0.6) is 0 Å². The van der Waals surface area contributed by atoms with E-state index in [1.54, 1.807) is 12.1 Å². The summed E-state index contributed by atoms with van der Waals surface area (Å²) in [5.41, 5.74) is 2.52. The summed E-state index contributed by atoms with van der Waals surface area (Å²) in [6, 6.07) is 9.31. The number of benzene rings is 1. The van der Waals surface area contributed by atoms with E-state index in [1.165, 1.54) is 0 Å². The van der Waals surface area contributed by atoms with E-state index in [1.807, 2.05) is 24.1 Å². The molecule has 1 aliphatic rings. The normalized spacial score (nSPS) is 15.5. The lowest BCUT2D eigenvalue weighted by atomic mass is 10.0. The number of carbonyl (C=O) groups excluding carboxylic acids is 1. The SMILES string of the molecule is CN[C@@H](CC(C)C)C(=O)N1CCC(=NOCc2cccc(C#N)c2)CC1. The summed E-state index contributed by atoms with van der Waals surface area (Å²) < 4.78 is 0. The fourth-order valence-electron chi connectivity index (χ4n) is 3.04. The Hall–Kier alpha value is -2.39. The number of likely N-dealkylation sites (N-methyl/N-ethyl adjacent to an activating group) is 1. The highest BCUT2D eigenvalue weighted by atomic mass is 16.6. The molecule has 1 atom stereocenters. The number of nitrogens with zero attached hydrogens (tertiary/aromatic N) is 3. The molecular weight excluding hydrogens is 328 g/mol. The molecular formula is C20H28N4O2. The Kier molecular flexibility index (Phi) is 7.61. The molecule has 1 aromatic rings. The molecule has 0 spiro atoms. The molecule has 1 fully saturated rings. The van der Waals surface area contributed by atoms with E-state index in [4.69, 9.17) is 10.1 Å². The summed E-state index contributed by atoms with van der Waals surface area (Å²) in [5, 5.41) is 16.3. The van der Waals surface area contributed by atoms with Gasteiger partial charge in [-0.05, 0) is 37.1 Å². The first-order chi connectivity index (χ1) is 12.5. The number of oxime groups is 1. The van der Waals surface area contributed by atoms with Gasteiger partial charge in [-0.2, -0.15) is 5.26 Å². The van der Waals surface area contributed by atoms with Crippen LogP contribution in [0.1, 0.15) is 44.2 Å². The van der Waals surface area contributed by atoms with Crippen molar-refractivity contribution in [2.45, 2.75) is 45.8 Å². The predicted molar refractivity (Wildman–Crippen MR) is 101 cm³/mol. The minimum Gasteiger partial charge on any atom is -0.391 e. The molecule has 0 radical (unpaired) electrons. The van der Waals surface area contributed by atoms with Gasteiger partial charge in [0.1, 0.15) is 6.61 Å². The lowest BCUT2D eigenvalue weighted by Gasteiger charge is -2.31. The fourth-order valence-corrected chi connectivity index (χ4v) is 3.04. The molecule has 0 unspecified atom stereocenters. The summed E-state index contributed by atoms with van der Waals surface area (Å²) in [6.07, 6.45) is 2.32. The molecule has 6 heteroatoms. The first-order valence-corrected chi connectivity index (χ1v) is 9.16. The van der Waals surface area contributed by atoms with Gasteiger partial charge in [0.15, 0.2) is 0 Å². The second kappa shape index (κ2) is 9.93. The van der Waals surface area contributed by atoms with Crippen LogP contribution in [-0.2, 0) is 16.2 Å². The Labute approximate surface area is 155 Å². The molecule has 1 aliphatic heterocycles. The summed E-state index contributed by atoms with van der Waals surface area (Å²) in [5.74, 6) is 0.653. The van der Waals surface area contributed by atoms with Crippen molar-refractivity contribution in [1.29, 1.82) is 5.26 Å². The van der Waals surface area contributed by atoms with Crippen LogP contribution in [0.3, 0.4) is 0 Å². The van der Waals surface area contributed by atoms with Crippen LogP contribution >= 0.6 is 0 Å². The van der Waals surface area contributed by atoms with Gasteiger partial charge in [0, 0.05) is 25.9 Å². The second-order valence-corrected chi connectivity index (χ2v) is 7.04. The number of amides is 1. The molecule has 0 aromatic heterocycles. The average molecular weight is 356 g/mol. The van der Waals surface area contributed by atoms with Crippen LogP contribution in [-0.4, -0.2) is 42.7 Å². The Morgan fingerprint density at radius 2 is 2.12 bits per heavy atom. The van der Waals surface area contributed by atoms with Crippen molar-refractivity contribution in [1.82, 2.24) is 10.2 Å². The molecule has 6 nitrogen and oxygen atoms in total. The molecule has 0 bridgehead atoms. The summed E-state index contributed by atoms with van der Waals surface area (Å²) in [6.45, 7) is 5.96. The van der Waals surface area contributed by atoms with Crippen molar-refractivity contribution in [3.63, 3.8) is 0 Å². The van der Waals surface area contributed by atoms with Crippen LogP contribution in [0.15, 0.2) is 29.4 Å². The zero-order valence-corrected chi connectivity index (χ0v) is 15.9. The number of hydrogen-bond donors (Lipinski definition) is 1. The zero-order chi connectivity index (χ0) is 18.9. The topological polar surface area (TPSA) is 77.7 Å². The standard InChI is InChI=1S/C20H28N4O2/c1-15(2)11-19(22-3)20(25)24-9-7-18(8-10-24)23-26-14-17-6-4-5-16(12-17)13-21/h4-6,12,15,19,22H,7-11,14H2,1-3H3/t19-/m0/s1. The summed E-state index contributed by atoms with van der Waals surface area (Å²) in [7, 11) is 1.84. The van der Waals surface area contributed by atoms with E-state index >= 15 is 0 Å². The fraction of sp³-hybridized carbons (Fsp3) is 0.550. The Morgan fingerprint density at radius 1 is 1.38 bits per heavy atom. The molecule has 26 heavy (non-hydrogen) atoms. The van der Waals surface area contributed by atoms with Crippen LogP contribution in [0.4, 0.5) is 0 Å². The van der Waals surface area contributed by atoms with Gasteiger partial charge in [0.2, 0.25) is 5.91 Å². The first kappa shape index (κ1) is 19.9. The van der Waals surface area contributed by atoms with Crippen LogP contribution in [0.25, 0.3) is 0 Å². The maximum absolute atomic E-state index is 12.6. The Balaban J connectivity index is 1.81. The highest BCUT2D eigenvalue weighted by Gasteiger charge is 2.26. The van der Waals surface area contributed by atoms with Crippen molar-refractivity contribution in [3.05, 3.63) is 35.4 Å². The van der Waals surface area contributed by atoms with Crippen molar-refractivity contribution in [2.75, 3.05) is 20.1 Å². The molecule has 0 aliphatic carbocycles. The molecule has 0 saturated carbocycles. The second-order valence-electron chi connectivity index (χ2n) is 7.04. The maximum Gasteiger partial charge on any atom is 0.239 e. The lowest BCUT2D eigenvalue weighted by molar-refractivity contribution is -0.133. The molecule has 1 amide bonds. The maximum atomic E-state index is 12.6. The molecule has 1 aromatic carbocycles. The molecule has 140 valence electrons.